The van der Waals surface area contributed by atoms with Crippen LogP contribution in [0, 0.1) is 5.82 Å². The highest BCUT2D eigenvalue weighted by Gasteiger charge is 2.12. The number of halogens is 2. The largest absolute Gasteiger partial charge is 0.476 e. The number of hydrogen-bond acceptors (Lipinski definition) is 4. The van der Waals surface area contributed by atoms with Gasteiger partial charge >= 0.3 is 5.97 Å². The Morgan fingerprint density at radius 3 is 2.94 bits per heavy atom. The molecule has 1 aromatic heterocycles. The molecular weight excluding hydrogens is 263 g/mol. The number of anilines is 1. The van der Waals surface area contributed by atoms with Crippen molar-refractivity contribution in [2.45, 2.75) is 6.54 Å². The number of carboxylic acids is 1. The Morgan fingerprint density at radius 1 is 1.56 bits per heavy atom. The fraction of sp³-hybridized carbons (Fsp3) is 0.0909. The maximum absolute atomic E-state index is 13.4. The molecule has 0 bridgehead atoms. The zero-order chi connectivity index (χ0) is 13.1. The van der Waals surface area contributed by atoms with E-state index in [1.807, 2.05) is 0 Å². The summed E-state index contributed by atoms with van der Waals surface area (Å²) in [6.45, 7) is 0.0843. The molecule has 0 aliphatic rings. The standard InChI is InChI=1S/C11H8ClFN2O3/c12-7-2-1-3-8(13)10(7)14-5-6-4-9(11(16)17)15-18-6/h1-4,14H,5H2,(H,16,17). The van der Waals surface area contributed by atoms with Crippen molar-refractivity contribution < 1.29 is 18.8 Å². The van der Waals surface area contributed by atoms with Crippen LogP contribution in [0.3, 0.4) is 0 Å². The first kappa shape index (κ1) is 12.4. The molecule has 0 atom stereocenters. The molecule has 1 aromatic carbocycles. The van der Waals surface area contributed by atoms with Crippen molar-refractivity contribution in [2.75, 3.05) is 5.32 Å². The van der Waals surface area contributed by atoms with Gasteiger partial charge in [0, 0.05) is 6.07 Å². The van der Waals surface area contributed by atoms with Crippen molar-refractivity contribution in [3.8, 4) is 0 Å². The number of carboxylic acid groups (broad SMARTS) is 1. The minimum Gasteiger partial charge on any atom is -0.476 e. The topological polar surface area (TPSA) is 75.4 Å². The third kappa shape index (κ3) is 2.60. The first-order valence-electron chi connectivity index (χ1n) is 4.94. The predicted molar refractivity (Wildman–Crippen MR) is 62.2 cm³/mol. The first-order valence-corrected chi connectivity index (χ1v) is 5.32. The lowest BCUT2D eigenvalue weighted by Crippen LogP contribution is -2.01. The van der Waals surface area contributed by atoms with Gasteiger partial charge in [-0.05, 0) is 12.1 Å². The molecular formula is C11H8ClFN2O3. The Balaban J connectivity index is 2.09. The van der Waals surface area contributed by atoms with Crippen LogP contribution in [0.15, 0.2) is 28.8 Å². The predicted octanol–water partition coefficient (Wildman–Crippen LogP) is 2.78. The molecule has 0 unspecified atom stereocenters. The minimum atomic E-state index is -1.19. The minimum absolute atomic E-state index is 0.0843. The van der Waals surface area contributed by atoms with Crippen LogP contribution in [-0.4, -0.2) is 16.2 Å². The highest BCUT2D eigenvalue weighted by molar-refractivity contribution is 6.33. The molecule has 5 nitrogen and oxygen atoms in total. The Hall–Kier alpha value is -2.08. The molecule has 18 heavy (non-hydrogen) atoms. The van der Waals surface area contributed by atoms with Gasteiger partial charge in [0.25, 0.3) is 0 Å². The zero-order valence-corrected chi connectivity index (χ0v) is 9.74. The molecule has 2 rings (SSSR count). The van der Waals surface area contributed by atoms with Crippen molar-refractivity contribution in [1.82, 2.24) is 5.16 Å². The lowest BCUT2D eigenvalue weighted by molar-refractivity contribution is 0.0685. The van der Waals surface area contributed by atoms with Gasteiger partial charge in [-0.2, -0.15) is 0 Å². The van der Waals surface area contributed by atoms with Crippen molar-refractivity contribution >= 4 is 23.3 Å². The molecule has 0 aliphatic heterocycles. The van der Waals surface area contributed by atoms with Crippen LogP contribution in [-0.2, 0) is 6.54 Å². The molecule has 94 valence electrons. The Labute approximate surface area is 106 Å². The molecule has 0 fully saturated rings. The number of benzene rings is 1. The summed E-state index contributed by atoms with van der Waals surface area (Å²) in [5, 5.41) is 14.9. The quantitative estimate of drug-likeness (QED) is 0.893. The van der Waals surface area contributed by atoms with E-state index in [0.717, 1.165) is 0 Å². The van der Waals surface area contributed by atoms with E-state index in [1.165, 1.54) is 24.3 Å². The molecule has 0 radical (unpaired) electrons. The lowest BCUT2D eigenvalue weighted by atomic mass is 10.3. The van der Waals surface area contributed by atoms with E-state index >= 15 is 0 Å². The molecule has 0 aliphatic carbocycles. The molecule has 2 N–H and O–H groups in total. The van der Waals surface area contributed by atoms with E-state index in [9.17, 15) is 9.18 Å². The second-order valence-electron chi connectivity index (χ2n) is 3.43. The highest BCUT2D eigenvalue weighted by atomic mass is 35.5. The summed E-state index contributed by atoms with van der Waals surface area (Å²) in [6.07, 6.45) is 0. The molecule has 1 heterocycles. The molecule has 0 amide bonds. The third-order valence-electron chi connectivity index (χ3n) is 2.18. The van der Waals surface area contributed by atoms with Crippen LogP contribution < -0.4 is 5.32 Å². The van der Waals surface area contributed by atoms with Crippen molar-refractivity contribution in [3.05, 3.63) is 46.6 Å². The maximum atomic E-state index is 13.4. The van der Waals surface area contributed by atoms with Gasteiger partial charge in [0.2, 0.25) is 0 Å². The fourth-order valence-corrected chi connectivity index (χ4v) is 1.57. The van der Waals surface area contributed by atoms with Gasteiger partial charge in [-0.3, -0.25) is 0 Å². The van der Waals surface area contributed by atoms with Gasteiger partial charge in [-0.25, -0.2) is 9.18 Å². The van der Waals surface area contributed by atoms with Gasteiger partial charge < -0.3 is 14.9 Å². The van der Waals surface area contributed by atoms with Gasteiger partial charge in [0.1, 0.15) is 5.82 Å². The average molecular weight is 271 g/mol. The number of aromatic carboxylic acids is 1. The van der Waals surface area contributed by atoms with Crippen LogP contribution in [0.4, 0.5) is 10.1 Å². The number of para-hydroxylation sites is 1. The third-order valence-corrected chi connectivity index (χ3v) is 2.50. The van der Waals surface area contributed by atoms with Gasteiger partial charge in [0.15, 0.2) is 11.5 Å². The average Bonchev–Trinajstić information content (AvgIpc) is 2.77. The van der Waals surface area contributed by atoms with Crippen LogP contribution in [0.2, 0.25) is 5.02 Å². The van der Waals surface area contributed by atoms with E-state index in [1.54, 1.807) is 0 Å². The lowest BCUT2D eigenvalue weighted by Gasteiger charge is -2.06. The maximum Gasteiger partial charge on any atom is 0.358 e. The molecule has 0 saturated carbocycles. The molecule has 7 heteroatoms. The van der Waals surface area contributed by atoms with Crippen molar-refractivity contribution in [3.63, 3.8) is 0 Å². The molecule has 0 spiro atoms. The Bertz CT molecular complexity index is 565. The first-order chi connectivity index (χ1) is 8.58. The van der Waals surface area contributed by atoms with Crippen LogP contribution in [0.1, 0.15) is 16.2 Å². The summed E-state index contributed by atoms with van der Waals surface area (Å²) in [5.41, 5.74) is -0.0705. The smallest absolute Gasteiger partial charge is 0.358 e. The highest BCUT2D eigenvalue weighted by Crippen LogP contribution is 2.25. The SMILES string of the molecule is O=C(O)c1cc(CNc2c(F)cccc2Cl)on1. The van der Waals surface area contributed by atoms with Crippen LogP contribution in [0.5, 0.6) is 0 Å². The van der Waals surface area contributed by atoms with E-state index in [2.05, 4.69) is 10.5 Å². The fourth-order valence-electron chi connectivity index (χ4n) is 1.34. The van der Waals surface area contributed by atoms with Crippen LogP contribution in [0.25, 0.3) is 0 Å². The Kier molecular flexibility index (Phi) is 3.47. The number of carbonyl (C=O) groups is 1. The number of nitrogens with zero attached hydrogens (tertiary/aromatic N) is 1. The van der Waals surface area contributed by atoms with Gasteiger partial charge in [-0.1, -0.05) is 22.8 Å². The van der Waals surface area contributed by atoms with E-state index in [-0.39, 0.29) is 28.7 Å². The van der Waals surface area contributed by atoms with Crippen molar-refractivity contribution in [2.24, 2.45) is 0 Å². The number of nitrogens with one attached hydrogen (secondary N) is 1. The second kappa shape index (κ2) is 5.05. The summed E-state index contributed by atoms with van der Waals surface area (Å²) in [6, 6.07) is 5.54. The number of hydrogen-bond donors (Lipinski definition) is 2. The van der Waals surface area contributed by atoms with E-state index in [4.69, 9.17) is 21.2 Å². The Morgan fingerprint density at radius 2 is 2.33 bits per heavy atom. The summed E-state index contributed by atoms with van der Waals surface area (Å²) < 4.78 is 18.2. The second-order valence-corrected chi connectivity index (χ2v) is 3.84. The van der Waals surface area contributed by atoms with Gasteiger partial charge in [0.05, 0.1) is 17.3 Å². The van der Waals surface area contributed by atoms with Crippen LogP contribution >= 0.6 is 11.6 Å². The summed E-state index contributed by atoms with van der Waals surface area (Å²) in [4.78, 5) is 10.6. The number of aromatic nitrogens is 1. The van der Waals surface area contributed by atoms with E-state index in [0.29, 0.717) is 0 Å². The summed E-state index contributed by atoms with van der Waals surface area (Å²) in [5.74, 6) is -1.42. The number of rotatable bonds is 4. The monoisotopic (exact) mass is 270 g/mol. The van der Waals surface area contributed by atoms with Crippen molar-refractivity contribution in [1.29, 1.82) is 0 Å². The zero-order valence-electron chi connectivity index (χ0n) is 8.98. The van der Waals surface area contributed by atoms with Gasteiger partial charge in [-0.15, -0.1) is 0 Å². The van der Waals surface area contributed by atoms with E-state index < -0.39 is 11.8 Å². The summed E-state index contributed by atoms with van der Waals surface area (Å²) >= 11 is 5.81. The summed E-state index contributed by atoms with van der Waals surface area (Å²) in [7, 11) is 0. The molecule has 2 aromatic rings. The normalized spacial score (nSPS) is 10.3. The molecule has 0 saturated heterocycles.